The van der Waals surface area contributed by atoms with Crippen molar-refractivity contribution in [3.05, 3.63) is 53.6 Å². The molecule has 0 spiro atoms. The Morgan fingerprint density at radius 2 is 1.46 bits per heavy atom. The number of phenols is 1. The number of hydrogen-bond donors (Lipinski definition) is 1. The van der Waals surface area contributed by atoms with Crippen LogP contribution in [0.3, 0.4) is 0 Å². The van der Waals surface area contributed by atoms with Gasteiger partial charge in [0.25, 0.3) is 0 Å². The lowest BCUT2D eigenvalue weighted by Gasteiger charge is -2.16. The molecule has 1 N–H and O–H groups in total. The molecule has 0 bridgehead atoms. The van der Waals surface area contributed by atoms with Gasteiger partial charge in [-0.2, -0.15) is 13.2 Å². The molecule has 0 aliphatic heterocycles. The smallest absolute Gasteiger partial charge is 0.419 e. The molecule has 0 aliphatic carbocycles. The molecular weight excluding hydrogens is 365 g/mol. The van der Waals surface area contributed by atoms with Crippen molar-refractivity contribution in [3.63, 3.8) is 0 Å². The quantitative estimate of drug-likeness (QED) is 0.393. The van der Waals surface area contributed by atoms with Crippen LogP contribution in [0.5, 0.6) is 17.2 Å². The van der Waals surface area contributed by atoms with Crippen LogP contribution in [0.1, 0.15) is 69.4 Å². The van der Waals surface area contributed by atoms with Gasteiger partial charge in [0.1, 0.15) is 5.75 Å². The van der Waals surface area contributed by atoms with Crippen molar-refractivity contribution in [3.8, 4) is 17.2 Å². The summed E-state index contributed by atoms with van der Waals surface area (Å²) in [5.41, 5.74) is -0.126. The highest BCUT2D eigenvalue weighted by molar-refractivity contribution is 5.49. The third-order valence-corrected chi connectivity index (χ3v) is 4.78. The van der Waals surface area contributed by atoms with Crippen LogP contribution in [0.4, 0.5) is 13.2 Å². The Morgan fingerprint density at radius 1 is 0.821 bits per heavy atom. The van der Waals surface area contributed by atoms with Crippen LogP contribution in [-0.2, 0) is 12.6 Å². The van der Waals surface area contributed by atoms with E-state index in [0.717, 1.165) is 30.9 Å². The molecule has 2 rings (SSSR count). The van der Waals surface area contributed by atoms with E-state index in [4.69, 9.17) is 4.74 Å². The van der Waals surface area contributed by atoms with Crippen LogP contribution < -0.4 is 4.74 Å². The molecule has 0 heterocycles. The second-order valence-corrected chi connectivity index (χ2v) is 7.09. The molecule has 0 radical (unpaired) electrons. The van der Waals surface area contributed by atoms with Crippen LogP contribution >= 0.6 is 0 Å². The van der Waals surface area contributed by atoms with Crippen LogP contribution in [0.25, 0.3) is 0 Å². The molecule has 0 aliphatic rings. The van der Waals surface area contributed by atoms with E-state index < -0.39 is 11.7 Å². The molecular formula is C23H29F3O2. The third-order valence-electron chi connectivity index (χ3n) is 4.78. The molecule has 0 fully saturated rings. The molecule has 0 saturated heterocycles. The number of ether oxygens (including phenoxy) is 1. The van der Waals surface area contributed by atoms with Gasteiger partial charge < -0.3 is 9.84 Å². The predicted molar refractivity (Wildman–Crippen MR) is 106 cm³/mol. The lowest BCUT2D eigenvalue weighted by molar-refractivity contribution is -0.138. The molecule has 0 atom stereocenters. The lowest BCUT2D eigenvalue weighted by Crippen LogP contribution is -2.07. The van der Waals surface area contributed by atoms with Gasteiger partial charge in [-0.25, -0.2) is 0 Å². The summed E-state index contributed by atoms with van der Waals surface area (Å²) in [5.74, 6) is -0.329. The zero-order valence-corrected chi connectivity index (χ0v) is 16.4. The summed E-state index contributed by atoms with van der Waals surface area (Å²) < 4.78 is 45.2. The minimum atomic E-state index is -4.51. The Morgan fingerprint density at radius 3 is 2.14 bits per heavy atom. The first kappa shape index (κ1) is 22.1. The molecule has 0 unspecified atom stereocenters. The number of benzene rings is 2. The second-order valence-electron chi connectivity index (χ2n) is 7.09. The predicted octanol–water partition coefficient (Wildman–Crippen LogP) is 7.89. The van der Waals surface area contributed by atoms with E-state index in [-0.39, 0.29) is 17.2 Å². The molecule has 0 amide bonds. The van der Waals surface area contributed by atoms with Gasteiger partial charge in [0.05, 0.1) is 5.56 Å². The molecule has 2 aromatic rings. The van der Waals surface area contributed by atoms with Crippen molar-refractivity contribution in [2.75, 3.05) is 0 Å². The molecule has 154 valence electrons. The number of phenolic OH excluding ortho intramolecular Hbond substituents is 1. The number of alkyl halides is 3. The summed E-state index contributed by atoms with van der Waals surface area (Å²) in [7, 11) is 0. The lowest BCUT2D eigenvalue weighted by atomic mass is 10.0. The summed E-state index contributed by atoms with van der Waals surface area (Å²) in [4.78, 5) is 0. The van der Waals surface area contributed by atoms with Gasteiger partial charge in [-0.3, -0.25) is 0 Å². The number of hydrogen-bond acceptors (Lipinski definition) is 2. The van der Waals surface area contributed by atoms with Gasteiger partial charge in [-0.1, -0.05) is 76.1 Å². The zero-order valence-electron chi connectivity index (χ0n) is 16.4. The molecule has 5 heteroatoms. The van der Waals surface area contributed by atoms with Crippen molar-refractivity contribution in [1.29, 1.82) is 0 Å². The maximum absolute atomic E-state index is 13.2. The van der Waals surface area contributed by atoms with Gasteiger partial charge in [-0.15, -0.1) is 0 Å². The minimum Gasteiger partial charge on any atom is -0.504 e. The fraction of sp³-hybridized carbons (Fsp3) is 0.478. The van der Waals surface area contributed by atoms with Gasteiger partial charge in [-0.05, 0) is 36.6 Å². The number of halogens is 3. The standard InChI is InChI=1S/C23H29F3O2/c1-2-3-4-5-6-7-8-9-13-18-14-12-16-20(27)22(18)28-21-17-11-10-15-19(21)23(24,25)26/h10-12,14-17,27H,2-9,13H2,1H3. The van der Waals surface area contributed by atoms with E-state index in [9.17, 15) is 18.3 Å². The van der Waals surface area contributed by atoms with E-state index in [1.165, 1.54) is 56.4 Å². The van der Waals surface area contributed by atoms with Crippen molar-refractivity contribution in [2.45, 2.75) is 70.9 Å². The highest BCUT2D eigenvalue weighted by atomic mass is 19.4. The van der Waals surface area contributed by atoms with E-state index in [0.29, 0.717) is 6.42 Å². The molecule has 0 aromatic heterocycles. The fourth-order valence-electron chi connectivity index (χ4n) is 3.24. The number of aryl methyl sites for hydroxylation is 1. The van der Waals surface area contributed by atoms with E-state index in [2.05, 4.69) is 6.92 Å². The largest absolute Gasteiger partial charge is 0.504 e. The molecule has 2 nitrogen and oxygen atoms in total. The SMILES string of the molecule is CCCCCCCCCCc1cccc(O)c1Oc1ccccc1C(F)(F)F. The molecule has 2 aromatic carbocycles. The average molecular weight is 394 g/mol. The number of unbranched alkanes of at least 4 members (excludes halogenated alkanes) is 7. The van der Waals surface area contributed by atoms with E-state index in [1.807, 2.05) is 0 Å². The Bertz CT molecular complexity index is 726. The number of rotatable bonds is 11. The van der Waals surface area contributed by atoms with Crippen molar-refractivity contribution < 1.29 is 23.0 Å². The fourth-order valence-corrected chi connectivity index (χ4v) is 3.24. The highest BCUT2D eigenvalue weighted by Crippen LogP contribution is 2.41. The summed E-state index contributed by atoms with van der Waals surface area (Å²) in [6.07, 6.45) is 5.52. The number of aromatic hydroxyl groups is 1. The zero-order chi connectivity index (χ0) is 20.4. The third kappa shape index (κ3) is 6.77. The first-order valence-corrected chi connectivity index (χ1v) is 10.1. The van der Waals surface area contributed by atoms with Crippen LogP contribution in [0.2, 0.25) is 0 Å². The van der Waals surface area contributed by atoms with Crippen LogP contribution in [0, 0.1) is 0 Å². The summed E-state index contributed by atoms with van der Waals surface area (Å²) >= 11 is 0. The highest BCUT2D eigenvalue weighted by Gasteiger charge is 2.34. The minimum absolute atomic E-state index is 0.113. The average Bonchev–Trinajstić information content (AvgIpc) is 2.66. The Labute approximate surface area is 165 Å². The number of para-hydroxylation sites is 2. The van der Waals surface area contributed by atoms with Gasteiger partial charge in [0.15, 0.2) is 11.5 Å². The Hall–Kier alpha value is -2.17. The summed E-state index contributed by atoms with van der Waals surface area (Å²) in [5, 5.41) is 10.2. The van der Waals surface area contributed by atoms with Crippen molar-refractivity contribution in [1.82, 2.24) is 0 Å². The molecule has 0 saturated carbocycles. The Kier molecular flexibility index (Phi) is 8.68. The van der Waals surface area contributed by atoms with Crippen LogP contribution in [-0.4, -0.2) is 5.11 Å². The maximum atomic E-state index is 13.2. The van der Waals surface area contributed by atoms with Gasteiger partial charge in [0, 0.05) is 0 Å². The first-order valence-electron chi connectivity index (χ1n) is 10.1. The summed E-state index contributed by atoms with van der Waals surface area (Å²) in [6.45, 7) is 2.20. The van der Waals surface area contributed by atoms with Crippen LogP contribution in [0.15, 0.2) is 42.5 Å². The Balaban J connectivity index is 1.99. The monoisotopic (exact) mass is 394 g/mol. The maximum Gasteiger partial charge on any atom is 0.419 e. The van der Waals surface area contributed by atoms with E-state index in [1.54, 1.807) is 12.1 Å². The second kappa shape index (κ2) is 11.0. The summed E-state index contributed by atoms with van der Waals surface area (Å²) in [6, 6.07) is 9.99. The first-order chi connectivity index (χ1) is 13.4. The van der Waals surface area contributed by atoms with E-state index >= 15 is 0 Å². The van der Waals surface area contributed by atoms with Gasteiger partial charge >= 0.3 is 6.18 Å². The molecule has 28 heavy (non-hydrogen) atoms. The normalized spacial score (nSPS) is 11.6. The van der Waals surface area contributed by atoms with Crippen molar-refractivity contribution in [2.24, 2.45) is 0 Å². The van der Waals surface area contributed by atoms with Crippen molar-refractivity contribution >= 4 is 0 Å². The topological polar surface area (TPSA) is 29.5 Å². The van der Waals surface area contributed by atoms with Gasteiger partial charge in [0.2, 0.25) is 0 Å².